The Labute approximate surface area is 198 Å². The Morgan fingerprint density at radius 1 is 1.29 bits per heavy atom. The number of methoxy groups -OCH3 is 1. The van der Waals surface area contributed by atoms with Crippen LogP contribution in [-0.2, 0) is 5.60 Å². The van der Waals surface area contributed by atoms with E-state index in [1.54, 1.807) is 55.9 Å². The fraction of sp³-hybridized carbons (Fsp3) is 0.417. The number of hydrogen-bond acceptors (Lipinski definition) is 8. The minimum Gasteiger partial charge on any atom is -0.497 e. The van der Waals surface area contributed by atoms with Gasteiger partial charge in [-0.2, -0.15) is 0 Å². The van der Waals surface area contributed by atoms with Gasteiger partial charge >= 0.3 is 0 Å². The molecule has 10 nitrogen and oxygen atoms in total. The van der Waals surface area contributed by atoms with Gasteiger partial charge in [-0.3, -0.25) is 20.6 Å². The van der Waals surface area contributed by atoms with Crippen LogP contribution in [0.5, 0.6) is 5.75 Å². The van der Waals surface area contributed by atoms with Gasteiger partial charge in [-0.1, -0.05) is 6.07 Å². The first-order valence-electron chi connectivity index (χ1n) is 11.3. The van der Waals surface area contributed by atoms with E-state index in [-0.39, 0.29) is 17.7 Å². The molecule has 180 valence electrons. The zero-order valence-electron chi connectivity index (χ0n) is 19.9. The maximum absolute atomic E-state index is 12.6. The van der Waals surface area contributed by atoms with Crippen LogP contribution in [0.15, 0.2) is 36.5 Å². The number of ether oxygens (including phenoxy) is 1. The van der Waals surface area contributed by atoms with Gasteiger partial charge in [0.1, 0.15) is 23.4 Å². The van der Waals surface area contributed by atoms with E-state index >= 15 is 0 Å². The second kappa shape index (κ2) is 9.30. The second-order valence-corrected chi connectivity index (χ2v) is 9.04. The normalized spacial score (nSPS) is 14.9. The van der Waals surface area contributed by atoms with Gasteiger partial charge in [-0.05, 0) is 51.3 Å². The van der Waals surface area contributed by atoms with Gasteiger partial charge in [-0.25, -0.2) is 9.66 Å². The molecular formula is C24H31N7O3. The second-order valence-electron chi connectivity index (χ2n) is 9.04. The van der Waals surface area contributed by atoms with E-state index < -0.39 is 5.60 Å². The molecule has 1 amide bonds. The number of aromatic nitrogens is 3. The number of carbonyl (C=O) groups excluding carboxylic acids is 1. The van der Waals surface area contributed by atoms with Crippen LogP contribution in [-0.4, -0.2) is 57.4 Å². The molecule has 0 saturated heterocycles. The lowest BCUT2D eigenvalue weighted by Gasteiger charge is -2.19. The predicted molar refractivity (Wildman–Crippen MR) is 129 cm³/mol. The molecule has 0 aliphatic carbocycles. The average molecular weight is 466 g/mol. The SMILES string of the molecule is COc1ccc2c3n(c(=N)nc2c1)NC(CCCCN(C)C(=O)c1ccc(C(C)(C)O)cn1)N3. The van der Waals surface area contributed by atoms with Gasteiger partial charge in [0.05, 0.1) is 18.2 Å². The Hall–Kier alpha value is -3.66. The number of fused-ring (bicyclic) bond motifs is 3. The third kappa shape index (κ3) is 4.81. The van der Waals surface area contributed by atoms with Gasteiger partial charge in [0, 0.05) is 36.8 Å². The molecule has 0 saturated carbocycles. The lowest BCUT2D eigenvalue weighted by Crippen LogP contribution is -2.32. The zero-order chi connectivity index (χ0) is 24.5. The van der Waals surface area contributed by atoms with E-state index in [0.717, 1.165) is 30.5 Å². The lowest BCUT2D eigenvalue weighted by molar-refractivity contribution is 0.0760. The lowest BCUT2D eigenvalue weighted by atomic mass is 10.0. The van der Waals surface area contributed by atoms with Gasteiger partial charge in [0.25, 0.3) is 5.91 Å². The van der Waals surface area contributed by atoms with Crippen molar-refractivity contribution in [2.45, 2.75) is 44.9 Å². The Kier molecular flexibility index (Phi) is 6.43. The van der Waals surface area contributed by atoms with Crippen LogP contribution < -0.4 is 21.1 Å². The first-order valence-corrected chi connectivity index (χ1v) is 11.3. The number of pyridine rings is 1. The van der Waals surface area contributed by atoms with Gasteiger partial charge < -0.3 is 20.1 Å². The molecule has 1 unspecified atom stereocenters. The summed E-state index contributed by atoms with van der Waals surface area (Å²) < 4.78 is 6.93. The summed E-state index contributed by atoms with van der Waals surface area (Å²) >= 11 is 0. The van der Waals surface area contributed by atoms with Crippen molar-refractivity contribution in [3.05, 3.63) is 53.4 Å². The molecule has 1 atom stereocenters. The van der Waals surface area contributed by atoms with Crippen molar-refractivity contribution in [2.24, 2.45) is 0 Å². The van der Waals surface area contributed by atoms with E-state index in [4.69, 9.17) is 10.1 Å². The molecule has 0 fully saturated rings. The predicted octanol–water partition coefficient (Wildman–Crippen LogP) is 2.38. The quantitative estimate of drug-likeness (QED) is 0.376. The Bertz CT molecular complexity index is 1250. The van der Waals surface area contributed by atoms with E-state index in [1.807, 2.05) is 18.2 Å². The molecule has 0 radical (unpaired) electrons. The summed E-state index contributed by atoms with van der Waals surface area (Å²) in [4.78, 5) is 22.9. The molecular weight excluding hydrogens is 434 g/mol. The highest BCUT2D eigenvalue weighted by Gasteiger charge is 2.23. The van der Waals surface area contributed by atoms with Crippen LogP contribution in [0.2, 0.25) is 0 Å². The summed E-state index contributed by atoms with van der Waals surface area (Å²) in [7, 11) is 3.37. The highest BCUT2D eigenvalue weighted by Crippen LogP contribution is 2.27. The Morgan fingerprint density at radius 2 is 2.09 bits per heavy atom. The molecule has 3 aromatic rings. The van der Waals surface area contributed by atoms with Crippen molar-refractivity contribution in [1.82, 2.24) is 19.5 Å². The monoisotopic (exact) mass is 465 g/mol. The number of carbonyl (C=O) groups is 1. The van der Waals surface area contributed by atoms with E-state index in [2.05, 4.69) is 20.7 Å². The topological polar surface area (TPSA) is 128 Å². The van der Waals surface area contributed by atoms with Crippen LogP contribution in [0.1, 0.15) is 49.2 Å². The van der Waals surface area contributed by atoms with Gasteiger partial charge in [0.15, 0.2) is 0 Å². The summed E-state index contributed by atoms with van der Waals surface area (Å²) in [5.41, 5.74) is 4.16. The molecule has 2 aromatic heterocycles. The fourth-order valence-electron chi connectivity index (χ4n) is 3.96. The van der Waals surface area contributed by atoms with Crippen LogP contribution in [0.4, 0.5) is 5.82 Å². The van der Waals surface area contributed by atoms with Crippen molar-refractivity contribution >= 4 is 22.6 Å². The molecule has 4 rings (SSSR count). The number of hydrogen-bond donors (Lipinski definition) is 4. The summed E-state index contributed by atoms with van der Waals surface area (Å²) in [5, 5.41) is 22.6. The maximum atomic E-state index is 12.6. The number of anilines is 1. The largest absolute Gasteiger partial charge is 0.497 e. The molecule has 4 N–H and O–H groups in total. The van der Waals surface area contributed by atoms with Crippen molar-refractivity contribution in [3.8, 4) is 5.75 Å². The number of nitrogens with one attached hydrogen (secondary N) is 3. The first kappa shape index (κ1) is 23.5. The number of unbranched alkanes of at least 4 members (excludes halogenated alkanes) is 1. The number of benzene rings is 1. The van der Waals surface area contributed by atoms with Crippen molar-refractivity contribution < 1.29 is 14.6 Å². The van der Waals surface area contributed by atoms with Crippen LogP contribution in [0.3, 0.4) is 0 Å². The Morgan fingerprint density at radius 3 is 2.76 bits per heavy atom. The van der Waals surface area contributed by atoms with Crippen LogP contribution in [0, 0.1) is 5.41 Å². The highest BCUT2D eigenvalue weighted by atomic mass is 16.5. The molecule has 0 bridgehead atoms. The minimum atomic E-state index is -0.989. The first-order chi connectivity index (χ1) is 16.2. The van der Waals surface area contributed by atoms with Gasteiger partial charge in [0.2, 0.25) is 5.62 Å². The summed E-state index contributed by atoms with van der Waals surface area (Å²) in [6.07, 6.45) is 4.04. The molecule has 0 spiro atoms. The molecule has 1 aliphatic rings. The average Bonchev–Trinajstić information content (AvgIpc) is 3.25. The summed E-state index contributed by atoms with van der Waals surface area (Å²) in [5.74, 6) is 1.37. The third-order valence-corrected chi connectivity index (χ3v) is 5.99. The zero-order valence-corrected chi connectivity index (χ0v) is 19.9. The molecule has 1 aliphatic heterocycles. The van der Waals surface area contributed by atoms with E-state index in [9.17, 15) is 9.90 Å². The van der Waals surface area contributed by atoms with Gasteiger partial charge in [-0.15, -0.1) is 0 Å². The summed E-state index contributed by atoms with van der Waals surface area (Å²) in [6.45, 7) is 3.97. The van der Waals surface area contributed by atoms with Crippen molar-refractivity contribution in [2.75, 3.05) is 31.4 Å². The highest BCUT2D eigenvalue weighted by molar-refractivity contribution is 5.92. The number of nitrogens with zero attached hydrogens (tertiary/aromatic N) is 4. The smallest absolute Gasteiger partial charge is 0.272 e. The third-order valence-electron chi connectivity index (χ3n) is 5.99. The molecule has 1 aromatic carbocycles. The standard InChI is InChI=1S/C24H31N7O3/c1-24(2,33)15-8-11-18(26-14-15)22(32)30(3)12-6-5-7-20-28-21-17-10-9-16(34-4)13-19(17)27-23(25)31(21)29-20/h8-11,13-14,20,25,28-29,33H,5-7,12H2,1-4H3. The minimum absolute atomic E-state index is 0.0318. The molecule has 10 heteroatoms. The Balaban J connectivity index is 1.30. The molecule has 34 heavy (non-hydrogen) atoms. The van der Waals surface area contributed by atoms with Crippen LogP contribution in [0.25, 0.3) is 10.9 Å². The van der Waals surface area contributed by atoms with E-state index in [0.29, 0.717) is 29.1 Å². The summed E-state index contributed by atoms with van der Waals surface area (Å²) in [6, 6.07) is 9.02. The number of amides is 1. The van der Waals surface area contributed by atoms with Crippen molar-refractivity contribution in [3.63, 3.8) is 0 Å². The van der Waals surface area contributed by atoms with E-state index in [1.165, 1.54) is 0 Å². The molecule has 3 heterocycles. The van der Waals surface area contributed by atoms with Crippen molar-refractivity contribution in [1.29, 1.82) is 5.41 Å². The maximum Gasteiger partial charge on any atom is 0.272 e. The van der Waals surface area contributed by atoms with Crippen LogP contribution >= 0.6 is 0 Å². The number of aliphatic hydroxyl groups is 1. The number of rotatable bonds is 8. The fourth-order valence-corrected chi connectivity index (χ4v) is 3.96.